The summed E-state index contributed by atoms with van der Waals surface area (Å²) in [6.45, 7) is 10.3. The summed E-state index contributed by atoms with van der Waals surface area (Å²) in [5.74, 6) is -1.09. The maximum absolute atomic E-state index is 11.9. The second kappa shape index (κ2) is 8.09. The van der Waals surface area contributed by atoms with Crippen molar-refractivity contribution in [2.75, 3.05) is 0 Å². The van der Waals surface area contributed by atoms with Gasteiger partial charge in [0, 0.05) is 12.5 Å². The number of carbonyl (C=O) groups is 2. The van der Waals surface area contributed by atoms with Gasteiger partial charge in [-0.25, -0.2) is 4.79 Å². The third kappa shape index (κ3) is 6.39. The fraction of sp³-hybridized carbons (Fsp3) is 0.500. The van der Waals surface area contributed by atoms with Crippen LogP contribution < -0.4 is 0 Å². The lowest BCUT2D eigenvalue weighted by Crippen LogP contribution is -2.19. The molecule has 1 rings (SSSR count). The molecule has 1 aliphatic carbocycles. The highest BCUT2D eigenvalue weighted by Gasteiger charge is 2.26. The van der Waals surface area contributed by atoms with E-state index in [0.717, 1.165) is 18.1 Å². The summed E-state index contributed by atoms with van der Waals surface area (Å²) in [4.78, 5) is 22.5. The molecule has 0 saturated heterocycles. The molecule has 0 amide bonds. The maximum atomic E-state index is 11.9. The second-order valence-electron chi connectivity index (χ2n) is 7.13. The molecular weight excluding hydrogens is 288 g/mol. The highest BCUT2D eigenvalue weighted by Crippen LogP contribution is 2.40. The summed E-state index contributed by atoms with van der Waals surface area (Å²) in [6.07, 6.45) is 10.5. The normalized spacial score (nSPS) is 19.3. The van der Waals surface area contributed by atoms with Crippen molar-refractivity contribution in [3.63, 3.8) is 0 Å². The Morgan fingerprint density at radius 1 is 1.22 bits per heavy atom. The summed E-state index contributed by atoms with van der Waals surface area (Å²) >= 11 is 0. The summed E-state index contributed by atoms with van der Waals surface area (Å²) in [5.41, 5.74) is 4.43. The van der Waals surface area contributed by atoms with Crippen molar-refractivity contribution in [2.24, 2.45) is 5.41 Å². The lowest BCUT2D eigenvalue weighted by molar-refractivity contribution is -0.131. The molecule has 0 aromatic rings. The van der Waals surface area contributed by atoms with Crippen LogP contribution in [0, 0.1) is 5.41 Å². The van der Waals surface area contributed by atoms with Gasteiger partial charge in [0.05, 0.1) is 0 Å². The standard InChI is InChI=1S/C20H28O3/c1-14(11-17(21)12-15(2)13-19(22)23)8-9-18-16(3)7-6-10-20(18,4)5/h8-9,11,13H,6-7,10,12H2,1-5H3,(H,22,23). The zero-order chi connectivity index (χ0) is 17.6. The topological polar surface area (TPSA) is 54.4 Å². The Morgan fingerprint density at radius 2 is 1.87 bits per heavy atom. The van der Waals surface area contributed by atoms with Crippen LogP contribution in [-0.4, -0.2) is 16.9 Å². The first kappa shape index (κ1) is 19.1. The highest BCUT2D eigenvalue weighted by atomic mass is 16.4. The molecule has 23 heavy (non-hydrogen) atoms. The highest BCUT2D eigenvalue weighted by molar-refractivity contribution is 5.93. The van der Waals surface area contributed by atoms with Gasteiger partial charge in [-0.1, -0.05) is 37.1 Å². The molecule has 0 saturated carbocycles. The lowest BCUT2D eigenvalue weighted by Gasteiger charge is -2.32. The fourth-order valence-corrected chi connectivity index (χ4v) is 3.11. The number of carboxylic acids is 1. The van der Waals surface area contributed by atoms with Crippen molar-refractivity contribution in [1.29, 1.82) is 0 Å². The molecule has 1 aliphatic rings. The quantitative estimate of drug-likeness (QED) is 0.554. The third-order valence-electron chi connectivity index (χ3n) is 4.27. The molecule has 0 aromatic heterocycles. The Morgan fingerprint density at radius 3 is 2.43 bits per heavy atom. The van der Waals surface area contributed by atoms with E-state index in [-0.39, 0.29) is 17.6 Å². The largest absolute Gasteiger partial charge is 0.478 e. The van der Waals surface area contributed by atoms with Gasteiger partial charge in [0.1, 0.15) is 0 Å². The van der Waals surface area contributed by atoms with Crippen LogP contribution in [-0.2, 0) is 9.59 Å². The molecule has 0 atom stereocenters. The van der Waals surface area contributed by atoms with Crippen molar-refractivity contribution in [1.82, 2.24) is 0 Å². The van der Waals surface area contributed by atoms with Crippen LogP contribution in [0.4, 0.5) is 0 Å². The number of rotatable bonds is 6. The van der Waals surface area contributed by atoms with Crippen LogP contribution >= 0.6 is 0 Å². The van der Waals surface area contributed by atoms with E-state index >= 15 is 0 Å². The molecule has 0 bridgehead atoms. The Hall–Kier alpha value is -1.90. The fourth-order valence-electron chi connectivity index (χ4n) is 3.11. The van der Waals surface area contributed by atoms with Crippen molar-refractivity contribution in [3.8, 4) is 0 Å². The van der Waals surface area contributed by atoms with Gasteiger partial charge in [0.2, 0.25) is 0 Å². The molecule has 0 aliphatic heterocycles. The van der Waals surface area contributed by atoms with Gasteiger partial charge in [-0.15, -0.1) is 0 Å². The minimum absolute atomic E-state index is 0.0734. The van der Waals surface area contributed by atoms with E-state index in [4.69, 9.17) is 5.11 Å². The molecule has 0 fully saturated rings. The number of hydrogen-bond acceptors (Lipinski definition) is 2. The van der Waals surface area contributed by atoms with E-state index in [9.17, 15) is 9.59 Å². The van der Waals surface area contributed by atoms with E-state index in [1.165, 1.54) is 24.0 Å². The minimum atomic E-state index is -1.02. The Labute approximate surface area is 139 Å². The molecule has 1 N–H and O–H groups in total. The zero-order valence-corrected chi connectivity index (χ0v) is 14.9. The monoisotopic (exact) mass is 316 g/mol. The summed E-state index contributed by atoms with van der Waals surface area (Å²) in [6, 6.07) is 0. The van der Waals surface area contributed by atoms with E-state index in [0.29, 0.717) is 5.57 Å². The summed E-state index contributed by atoms with van der Waals surface area (Å²) in [7, 11) is 0. The molecule has 0 radical (unpaired) electrons. The lowest BCUT2D eigenvalue weighted by atomic mass is 9.72. The van der Waals surface area contributed by atoms with Crippen LogP contribution in [0.3, 0.4) is 0 Å². The smallest absolute Gasteiger partial charge is 0.328 e. The number of hydrogen-bond donors (Lipinski definition) is 1. The minimum Gasteiger partial charge on any atom is -0.478 e. The number of allylic oxidation sites excluding steroid dienone is 7. The predicted octanol–water partition coefficient (Wildman–Crippen LogP) is 5.01. The Kier molecular flexibility index (Phi) is 6.74. The van der Waals surface area contributed by atoms with Crippen LogP contribution in [0.5, 0.6) is 0 Å². The number of aliphatic carboxylic acids is 1. The number of carbonyl (C=O) groups excluding carboxylic acids is 1. The predicted molar refractivity (Wildman–Crippen MR) is 94.2 cm³/mol. The van der Waals surface area contributed by atoms with Gasteiger partial charge < -0.3 is 5.11 Å². The first-order valence-electron chi connectivity index (χ1n) is 8.11. The van der Waals surface area contributed by atoms with E-state index in [1.807, 2.05) is 13.0 Å². The first-order chi connectivity index (χ1) is 10.6. The summed E-state index contributed by atoms with van der Waals surface area (Å²) in [5, 5.41) is 8.66. The van der Waals surface area contributed by atoms with Gasteiger partial charge in [0.15, 0.2) is 5.78 Å². The molecule has 0 unspecified atom stereocenters. The SMILES string of the molecule is CC(C=CC1=C(C)CCCC1(C)C)=CC(=O)CC(C)=CC(=O)O. The van der Waals surface area contributed by atoms with Crippen LogP contribution in [0.15, 0.2) is 46.6 Å². The number of carboxylic acid groups (broad SMARTS) is 1. The molecule has 0 heterocycles. The van der Waals surface area contributed by atoms with Gasteiger partial charge >= 0.3 is 5.97 Å². The van der Waals surface area contributed by atoms with Crippen molar-refractivity contribution >= 4 is 11.8 Å². The molecule has 3 nitrogen and oxygen atoms in total. The van der Waals surface area contributed by atoms with Crippen molar-refractivity contribution < 1.29 is 14.7 Å². The Balaban J connectivity index is 2.80. The Bertz CT molecular complexity index is 598. The zero-order valence-electron chi connectivity index (χ0n) is 14.9. The first-order valence-corrected chi connectivity index (χ1v) is 8.11. The average molecular weight is 316 g/mol. The number of ketones is 1. The van der Waals surface area contributed by atoms with E-state index < -0.39 is 5.97 Å². The maximum Gasteiger partial charge on any atom is 0.328 e. The van der Waals surface area contributed by atoms with Crippen LogP contribution in [0.2, 0.25) is 0 Å². The van der Waals surface area contributed by atoms with Crippen molar-refractivity contribution in [2.45, 2.75) is 60.3 Å². The molecule has 0 aromatic carbocycles. The third-order valence-corrected chi connectivity index (χ3v) is 4.27. The van der Waals surface area contributed by atoms with Gasteiger partial charge in [-0.2, -0.15) is 0 Å². The molecule has 126 valence electrons. The van der Waals surface area contributed by atoms with Crippen molar-refractivity contribution in [3.05, 3.63) is 46.6 Å². The van der Waals surface area contributed by atoms with Gasteiger partial charge in [-0.05, 0) is 62.7 Å². The second-order valence-corrected chi connectivity index (χ2v) is 7.13. The van der Waals surface area contributed by atoms with Gasteiger partial charge in [-0.3, -0.25) is 4.79 Å². The van der Waals surface area contributed by atoms with Gasteiger partial charge in [0.25, 0.3) is 0 Å². The molecule has 3 heteroatoms. The van der Waals surface area contributed by atoms with E-state index in [1.54, 1.807) is 13.0 Å². The molecular formula is C20H28O3. The van der Waals surface area contributed by atoms with Crippen LogP contribution in [0.1, 0.15) is 60.3 Å². The van der Waals surface area contributed by atoms with Crippen LogP contribution in [0.25, 0.3) is 0 Å². The molecule has 0 spiro atoms. The summed E-state index contributed by atoms with van der Waals surface area (Å²) < 4.78 is 0. The van der Waals surface area contributed by atoms with E-state index in [2.05, 4.69) is 26.8 Å². The average Bonchev–Trinajstić information content (AvgIpc) is 2.35.